The summed E-state index contributed by atoms with van der Waals surface area (Å²) >= 11 is 0. The SMILES string of the molecule is COCc1cccc(C(Nc2ccccc2)C(=O)O)c1. The van der Waals surface area contributed by atoms with Gasteiger partial charge in [0.05, 0.1) is 6.61 Å². The van der Waals surface area contributed by atoms with Gasteiger partial charge in [0.25, 0.3) is 0 Å². The molecule has 0 aliphatic carbocycles. The molecule has 2 N–H and O–H groups in total. The van der Waals surface area contributed by atoms with Crippen molar-refractivity contribution in [3.63, 3.8) is 0 Å². The number of carbonyl (C=O) groups is 1. The molecule has 4 nitrogen and oxygen atoms in total. The Morgan fingerprint density at radius 3 is 2.60 bits per heavy atom. The van der Waals surface area contributed by atoms with Gasteiger partial charge in [-0.25, -0.2) is 4.79 Å². The standard InChI is InChI=1S/C16H17NO3/c1-20-11-12-6-5-7-13(10-12)15(16(18)19)17-14-8-3-2-4-9-14/h2-10,15,17H,11H2,1H3,(H,18,19). The van der Waals surface area contributed by atoms with Crippen LogP contribution in [-0.2, 0) is 16.1 Å². The number of methoxy groups -OCH3 is 1. The quantitative estimate of drug-likeness (QED) is 0.847. The fourth-order valence-electron chi connectivity index (χ4n) is 2.02. The zero-order valence-electron chi connectivity index (χ0n) is 11.2. The highest BCUT2D eigenvalue weighted by atomic mass is 16.5. The highest BCUT2D eigenvalue weighted by molar-refractivity contribution is 5.79. The number of hydrogen-bond acceptors (Lipinski definition) is 3. The Bertz CT molecular complexity index is 569. The van der Waals surface area contributed by atoms with Crippen molar-refractivity contribution in [1.82, 2.24) is 0 Å². The molecular weight excluding hydrogens is 254 g/mol. The van der Waals surface area contributed by atoms with Crippen LogP contribution >= 0.6 is 0 Å². The van der Waals surface area contributed by atoms with Crippen LogP contribution in [0.4, 0.5) is 5.69 Å². The number of hydrogen-bond donors (Lipinski definition) is 2. The van der Waals surface area contributed by atoms with E-state index in [1.807, 2.05) is 48.5 Å². The van der Waals surface area contributed by atoms with Gasteiger partial charge in [-0.15, -0.1) is 0 Å². The molecule has 2 rings (SSSR count). The summed E-state index contributed by atoms with van der Waals surface area (Å²) in [7, 11) is 1.61. The van der Waals surface area contributed by atoms with Crippen molar-refractivity contribution in [2.75, 3.05) is 12.4 Å². The van der Waals surface area contributed by atoms with E-state index in [2.05, 4.69) is 5.32 Å². The van der Waals surface area contributed by atoms with Crippen LogP contribution in [0, 0.1) is 0 Å². The Morgan fingerprint density at radius 2 is 1.95 bits per heavy atom. The smallest absolute Gasteiger partial charge is 0.330 e. The molecule has 0 saturated heterocycles. The number of aliphatic carboxylic acids is 1. The second kappa shape index (κ2) is 6.73. The van der Waals surface area contributed by atoms with Crippen LogP contribution in [-0.4, -0.2) is 18.2 Å². The largest absolute Gasteiger partial charge is 0.479 e. The lowest BCUT2D eigenvalue weighted by molar-refractivity contribution is -0.138. The maximum absolute atomic E-state index is 11.5. The van der Waals surface area contributed by atoms with Gasteiger partial charge in [-0.3, -0.25) is 0 Å². The molecule has 1 atom stereocenters. The average molecular weight is 271 g/mol. The maximum Gasteiger partial charge on any atom is 0.330 e. The number of ether oxygens (including phenoxy) is 1. The summed E-state index contributed by atoms with van der Waals surface area (Å²) in [6, 6.07) is 15.9. The molecule has 0 heterocycles. The number of nitrogens with one attached hydrogen (secondary N) is 1. The molecular formula is C16H17NO3. The number of benzene rings is 2. The van der Waals surface area contributed by atoms with Crippen molar-refractivity contribution >= 4 is 11.7 Å². The molecule has 104 valence electrons. The summed E-state index contributed by atoms with van der Waals surface area (Å²) in [5.74, 6) is -0.914. The number of carboxylic acids is 1. The zero-order valence-corrected chi connectivity index (χ0v) is 11.2. The molecule has 2 aromatic rings. The molecule has 0 aromatic heterocycles. The molecule has 0 fully saturated rings. The van der Waals surface area contributed by atoms with Crippen molar-refractivity contribution in [2.24, 2.45) is 0 Å². The van der Waals surface area contributed by atoms with E-state index in [1.54, 1.807) is 13.2 Å². The van der Waals surface area contributed by atoms with Gasteiger partial charge in [-0.05, 0) is 23.3 Å². The Labute approximate surface area is 118 Å². The maximum atomic E-state index is 11.5. The summed E-state index contributed by atoms with van der Waals surface area (Å²) in [5, 5.41) is 12.4. The lowest BCUT2D eigenvalue weighted by Gasteiger charge is -2.17. The number of anilines is 1. The highest BCUT2D eigenvalue weighted by Crippen LogP contribution is 2.21. The zero-order chi connectivity index (χ0) is 14.4. The van der Waals surface area contributed by atoms with E-state index in [0.717, 1.165) is 11.3 Å². The minimum absolute atomic E-state index is 0.464. The molecule has 1 unspecified atom stereocenters. The number of para-hydroxylation sites is 1. The molecule has 0 aliphatic heterocycles. The Balaban J connectivity index is 2.24. The Hall–Kier alpha value is -2.33. The first kappa shape index (κ1) is 14.1. The third-order valence-corrected chi connectivity index (χ3v) is 2.93. The first-order valence-electron chi connectivity index (χ1n) is 6.33. The third kappa shape index (κ3) is 3.59. The predicted molar refractivity (Wildman–Crippen MR) is 77.6 cm³/mol. The second-order valence-electron chi connectivity index (χ2n) is 4.46. The molecule has 0 saturated carbocycles. The second-order valence-corrected chi connectivity index (χ2v) is 4.46. The third-order valence-electron chi connectivity index (χ3n) is 2.93. The predicted octanol–water partition coefficient (Wildman–Crippen LogP) is 3.07. The molecule has 0 amide bonds. The first-order chi connectivity index (χ1) is 9.70. The van der Waals surface area contributed by atoms with E-state index in [0.29, 0.717) is 12.2 Å². The summed E-state index contributed by atoms with van der Waals surface area (Å²) in [5.41, 5.74) is 2.43. The van der Waals surface area contributed by atoms with Gasteiger partial charge in [-0.2, -0.15) is 0 Å². The van der Waals surface area contributed by atoms with Crippen molar-refractivity contribution in [1.29, 1.82) is 0 Å². The van der Waals surface area contributed by atoms with Crippen LogP contribution in [0.25, 0.3) is 0 Å². The fraction of sp³-hybridized carbons (Fsp3) is 0.188. The molecule has 2 aromatic carbocycles. The molecule has 0 radical (unpaired) electrons. The van der Waals surface area contributed by atoms with E-state index in [-0.39, 0.29) is 0 Å². The minimum atomic E-state index is -0.914. The van der Waals surface area contributed by atoms with Crippen LogP contribution in [0.1, 0.15) is 17.2 Å². The van der Waals surface area contributed by atoms with Gasteiger partial charge >= 0.3 is 5.97 Å². The Kier molecular flexibility index (Phi) is 4.74. The lowest BCUT2D eigenvalue weighted by atomic mass is 10.0. The van der Waals surface area contributed by atoms with E-state index in [1.165, 1.54) is 0 Å². The summed E-state index contributed by atoms with van der Waals surface area (Å²) in [6.45, 7) is 0.464. The van der Waals surface area contributed by atoms with Crippen LogP contribution < -0.4 is 5.32 Å². The van der Waals surface area contributed by atoms with Crippen LogP contribution in [0.15, 0.2) is 54.6 Å². The summed E-state index contributed by atoms with van der Waals surface area (Å²) < 4.78 is 5.07. The van der Waals surface area contributed by atoms with Gasteiger partial charge < -0.3 is 15.2 Å². The minimum Gasteiger partial charge on any atom is -0.479 e. The molecule has 20 heavy (non-hydrogen) atoms. The van der Waals surface area contributed by atoms with Crippen molar-refractivity contribution in [3.8, 4) is 0 Å². The van der Waals surface area contributed by atoms with Gasteiger partial charge in [0.15, 0.2) is 6.04 Å². The van der Waals surface area contributed by atoms with Gasteiger partial charge in [-0.1, -0.05) is 42.5 Å². The van der Waals surface area contributed by atoms with Crippen LogP contribution in [0.5, 0.6) is 0 Å². The van der Waals surface area contributed by atoms with Crippen LogP contribution in [0.2, 0.25) is 0 Å². The van der Waals surface area contributed by atoms with E-state index in [9.17, 15) is 9.90 Å². The monoisotopic (exact) mass is 271 g/mol. The van der Waals surface area contributed by atoms with E-state index >= 15 is 0 Å². The fourth-order valence-corrected chi connectivity index (χ4v) is 2.02. The summed E-state index contributed by atoms with van der Waals surface area (Å²) in [4.78, 5) is 11.5. The summed E-state index contributed by atoms with van der Waals surface area (Å²) in [6.07, 6.45) is 0. The molecule has 0 spiro atoms. The molecule has 4 heteroatoms. The van der Waals surface area contributed by atoms with Gasteiger partial charge in [0, 0.05) is 12.8 Å². The molecule has 0 aliphatic rings. The normalized spacial score (nSPS) is 11.8. The van der Waals surface area contributed by atoms with E-state index < -0.39 is 12.0 Å². The van der Waals surface area contributed by atoms with Gasteiger partial charge in [0.2, 0.25) is 0 Å². The van der Waals surface area contributed by atoms with Crippen molar-refractivity contribution in [3.05, 3.63) is 65.7 Å². The topological polar surface area (TPSA) is 58.6 Å². The number of carboxylic acid groups (broad SMARTS) is 1. The van der Waals surface area contributed by atoms with Gasteiger partial charge in [0.1, 0.15) is 0 Å². The first-order valence-corrected chi connectivity index (χ1v) is 6.33. The lowest BCUT2D eigenvalue weighted by Crippen LogP contribution is -2.20. The van der Waals surface area contributed by atoms with Crippen molar-refractivity contribution < 1.29 is 14.6 Å². The molecule has 0 bridgehead atoms. The Morgan fingerprint density at radius 1 is 1.20 bits per heavy atom. The van der Waals surface area contributed by atoms with E-state index in [4.69, 9.17) is 4.74 Å². The average Bonchev–Trinajstić information content (AvgIpc) is 2.46. The van der Waals surface area contributed by atoms with Crippen LogP contribution in [0.3, 0.4) is 0 Å². The number of rotatable bonds is 6. The highest BCUT2D eigenvalue weighted by Gasteiger charge is 2.19. The van der Waals surface area contributed by atoms with Crippen molar-refractivity contribution in [2.45, 2.75) is 12.6 Å².